The van der Waals surface area contributed by atoms with Gasteiger partial charge in [0.1, 0.15) is 5.75 Å². The lowest BCUT2D eigenvalue weighted by atomic mass is 9.97. The van der Waals surface area contributed by atoms with Crippen molar-refractivity contribution < 1.29 is 9.53 Å². The van der Waals surface area contributed by atoms with Crippen LogP contribution in [0, 0.1) is 12.3 Å². The summed E-state index contributed by atoms with van der Waals surface area (Å²) < 4.78 is 5.73. The summed E-state index contributed by atoms with van der Waals surface area (Å²) in [4.78, 5) is 12.1. The van der Waals surface area contributed by atoms with Crippen LogP contribution >= 0.6 is 0 Å². The Kier molecular flexibility index (Phi) is 5.40. The molecule has 0 fully saturated rings. The molecule has 1 N–H and O–H groups in total. The molecule has 0 saturated carbocycles. The molecule has 106 valence electrons. The predicted octanol–water partition coefficient (Wildman–Crippen LogP) is 3.31. The second-order valence-corrected chi connectivity index (χ2v) is 6.11. The Morgan fingerprint density at radius 1 is 1.26 bits per heavy atom. The first kappa shape index (κ1) is 15.5. The molecule has 0 spiro atoms. The van der Waals surface area contributed by atoms with E-state index in [0.29, 0.717) is 13.0 Å². The SMILES string of the molecule is CCC(Oc1ccc(C)cc1)C(=O)NCC(C)(C)C. The highest BCUT2D eigenvalue weighted by molar-refractivity contribution is 5.81. The van der Waals surface area contributed by atoms with E-state index in [4.69, 9.17) is 4.74 Å². The zero-order valence-electron chi connectivity index (χ0n) is 12.6. The standard InChI is InChI=1S/C16H25NO2/c1-6-14(15(18)17-11-16(3,4)5)19-13-9-7-12(2)8-10-13/h7-10,14H,6,11H2,1-5H3,(H,17,18). The second kappa shape index (κ2) is 6.60. The van der Waals surface area contributed by atoms with Gasteiger partial charge in [0.2, 0.25) is 0 Å². The highest BCUT2D eigenvalue weighted by Gasteiger charge is 2.20. The summed E-state index contributed by atoms with van der Waals surface area (Å²) in [5.74, 6) is 0.696. The van der Waals surface area contributed by atoms with Gasteiger partial charge >= 0.3 is 0 Å². The van der Waals surface area contributed by atoms with Crippen LogP contribution in [0.25, 0.3) is 0 Å². The molecule has 1 atom stereocenters. The topological polar surface area (TPSA) is 38.3 Å². The lowest BCUT2D eigenvalue weighted by Crippen LogP contribution is -2.41. The molecule has 0 aliphatic carbocycles. The maximum atomic E-state index is 12.1. The van der Waals surface area contributed by atoms with Crippen LogP contribution in [-0.4, -0.2) is 18.6 Å². The van der Waals surface area contributed by atoms with Gasteiger partial charge in [-0.2, -0.15) is 0 Å². The molecule has 0 aromatic heterocycles. The molecule has 1 rings (SSSR count). The van der Waals surface area contributed by atoms with Gasteiger partial charge in [-0.1, -0.05) is 45.4 Å². The van der Waals surface area contributed by atoms with Gasteiger partial charge in [0.25, 0.3) is 5.91 Å². The number of nitrogens with one attached hydrogen (secondary N) is 1. The molecule has 0 saturated heterocycles. The fourth-order valence-electron chi connectivity index (χ4n) is 1.57. The number of amides is 1. The molecule has 0 heterocycles. The number of carbonyl (C=O) groups excluding carboxylic acids is 1. The van der Waals surface area contributed by atoms with Crippen LogP contribution < -0.4 is 10.1 Å². The largest absolute Gasteiger partial charge is 0.481 e. The summed E-state index contributed by atoms with van der Waals surface area (Å²) in [6, 6.07) is 7.76. The van der Waals surface area contributed by atoms with Crippen LogP contribution in [0.2, 0.25) is 0 Å². The Morgan fingerprint density at radius 3 is 2.32 bits per heavy atom. The smallest absolute Gasteiger partial charge is 0.261 e. The molecule has 19 heavy (non-hydrogen) atoms. The summed E-state index contributed by atoms with van der Waals surface area (Å²) in [6.07, 6.45) is 0.231. The van der Waals surface area contributed by atoms with Gasteiger partial charge < -0.3 is 10.1 Å². The predicted molar refractivity (Wildman–Crippen MR) is 78.4 cm³/mol. The normalized spacial score (nSPS) is 12.9. The molecular formula is C16H25NO2. The van der Waals surface area contributed by atoms with Crippen molar-refractivity contribution in [1.29, 1.82) is 0 Å². The minimum atomic E-state index is -0.426. The third-order valence-corrected chi connectivity index (χ3v) is 2.76. The molecule has 0 aliphatic rings. The minimum absolute atomic E-state index is 0.0435. The zero-order chi connectivity index (χ0) is 14.5. The average molecular weight is 263 g/mol. The van der Waals surface area contributed by atoms with Crippen LogP contribution in [-0.2, 0) is 4.79 Å². The lowest BCUT2D eigenvalue weighted by Gasteiger charge is -2.22. The third-order valence-electron chi connectivity index (χ3n) is 2.76. The molecule has 1 aromatic carbocycles. The van der Waals surface area contributed by atoms with Crippen molar-refractivity contribution in [3.63, 3.8) is 0 Å². The highest BCUT2D eigenvalue weighted by atomic mass is 16.5. The van der Waals surface area contributed by atoms with E-state index in [1.165, 1.54) is 5.56 Å². The summed E-state index contributed by atoms with van der Waals surface area (Å²) >= 11 is 0. The molecular weight excluding hydrogens is 238 g/mol. The van der Waals surface area contributed by atoms with E-state index in [-0.39, 0.29) is 11.3 Å². The van der Waals surface area contributed by atoms with Crippen LogP contribution in [0.4, 0.5) is 0 Å². The van der Waals surface area contributed by atoms with Crippen molar-refractivity contribution in [2.45, 2.75) is 47.1 Å². The molecule has 0 radical (unpaired) electrons. The molecule has 0 bridgehead atoms. The van der Waals surface area contributed by atoms with Crippen molar-refractivity contribution in [3.8, 4) is 5.75 Å². The number of carbonyl (C=O) groups is 1. The summed E-state index contributed by atoms with van der Waals surface area (Å²) in [5.41, 5.74) is 1.26. The van der Waals surface area contributed by atoms with Crippen molar-refractivity contribution in [1.82, 2.24) is 5.32 Å². The van der Waals surface area contributed by atoms with E-state index in [1.54, 1.807) is 0 Å². The van der Waals surface area contributed by atoms with Crippen LogP contribution in [0.1, 0.15) is 39.7 Å². The zero-order valence-corrected chi connectivity index (χ0v) is 12.6. The summed E-state index contributed by atoms with van der Waals surface area (Å²) in [7, 11) is 0. The lowest BCUT2D eigenvalue weighted by molar-refractivity contribution is -0.128. The van der Waals surface area contributed by atoms with Gasteiger partial charge in [0.15, 0.2) is 6.10 Å². The molecule has 1 aromatic rings. The number of rotatable bonds is 5. The molecule has 3 heteroatoms. The van der Waals surface area contributed by atoms with Crippen molar-refractivity contribution in [2.75, 3.05) is 6.54 Å². The first-order valence-electron chi connectivity index (χ1n) is 6.83. The Balaban J connectivity index is 2.57. The fraction of sp³-hybridized carbons (Fsp3) is 0.562. The average Bonchev–Trinajstić information content (AvgIpc) is 2.34. The number of aryl methyl sites for hydroxylation is 1. The highest BCUT2D eigenvalue weighted by Crippen LogP contribution is 2.15. The van der Waals surface area contributed by atoms with Crippen LogP contribution in [0.3, 0.4) is 0 Å². The van der Waals surface area contributed by atoms with Gasteiger partial charge in [0.05, 0.1) is 0 Å². The maximum absolute atomic E-state index is 12.1. The number of hydrogen-bond acceptors (Lipinski definition) is 2. The van der Waals surface area contributed by atoms with E-state index >= 15 is 0 Å². The van der Waals surface area contributed by atoms with Gasteiger partial charge in [-0.05, 0) is 30.9 Å². The molecule has 1 amide bonds. The van der Waals surface area contributed by atoms with Gasteiger partial charge in [-0.15, -0.1) is 0 Å². The Morgan fingerprint density at radius 2 is 1.84 bits per heavy atom. The van der Waals surface area contributed by atoms with E-state index in [2.05, 4.69) is 26.1 Å². The Hall–Kier alpha value is -1.51. The monoisotopic (exact) mass is 263 g/mol. The Bertz CT molecular complexity index is 404. The van der Waals surface area contributed by atoms with Gasteiger partial charge in [-0.25, -0.2) is 0 Å². The first-order chi connectivity index (χ1) is 8.81. The maximum Gasteiger partial charge on any atom is 0.261 e. The third kappa shape index (κ3) is 5.77. The summed E-state index contributed by atoms with van der Waals surface area (Å²) in [5, 5.41) is 2.94. The molecule has 3 nitrogen and oxygen atoms in total. The Labute approximate surface area is 116 Å². The molecule has 0 aliphatic heterocycles. The van der Waals surface area contributed by atoms with Crippen molar-refractivity contribution in [3.05, 3.63) is 29.8 Å². The summed E-state index contributed by atoms with van der Waals surface area (Å²) in [6.45, 7) is 10.9. The quantitative estimate of drug-likeness (QED) is 0.885. The van der Waals surface area contributed by atoms with E-state index in [1.807, 2.05) is 38.1 Å². The van der Waals surface area contributed by atoms with E-state index in [0.717, 1.165) is 5.75 Å². The van der Waals surface area contributed by atoms with Crippen molar-refractivity contribution in [2.24, 2.45) is 5.41 Å². The number of benzene rings is 1. The van der Waals surface area contributed by atoms with Gasteiger partial charge in [-0.3, -0.25) is 4.79 Å². The van der Waals surface area contributed by atoms with E-state index < -0.39 is 6.10 Å². The van der Waals surface area contributed by atoms with E-state index in [9.17, 15) is 4.79 Å². The first-order valence-corrected chi connectivity index (χ1v) is 6.83. The van der Waals surface area contributed by atoms with Crippen molar-refractivity contribution >= 4 is 5.91 Å². The minimum Gasteiger partial charge on any atom is -0.481 e. The molecule has 1 unspecified atom stereocenters. The van der Waals surface area contributed by atoms with Gasteiger partial charge in [0, 0.05) is 6.54 Å². The number of hydrogen-bond donors (Lipinski definition) is 1. The second-order valence-electron chi connectivity index (χ2n) is 6.11. The van der Waals surface area contributed by atoms with Crippen LogP contribution in [0.15, 0.2) is 24.3 Å². The number of ether oxygens (including phenoxy) is 1. The fourth-order valence-corrected chi connectivity index (χ4v) is 1.57. The van der Waals surface area contributed by atoms with Crippen LogP contribution in [0.5, 0.6) is 5.75 Å².